The summed E-state index contributed by atoms with van der Waals surface area (Å²) in [5, 5.41) is 12.2. The molecule has 126 valence electrons. The molecule has 1 aliphatic rings. The van der Waals surface area contributed by atoms with Gasteiger partial charge in [0.25, 0.3) is 0 Å². The first-order valence-corrected chi connectivity index (χ1v) is 8.08. The second-order valence-electron chi connectivity index (χ2n) is 6.62. The third-order valence-corrected chi connectivity index (χ3v) is 4.04. The molecular formula is C17H25N3O3. The number of piperidine rings is 1. The molecule has 0 radical (unpaired) electrons. The van der Waals surface area contributed by atoms with E-state index in [4.69, 9.17) is 0 Å². The van der Waals surface area contributed by atoms with Gasteiger partial charge in [-0.15, -0.1) is 0 Å². The molecule has 2 atom stereocenters. The highest BCUT2D eigenvalue weighted by Crippen LogP contribution is 2.23. The van der Waals surface area contributed by atoms with Gasteiger partial charge in [-0.2, -0.15) is 0 Å². The van der Waals surface area contributed by atoms with Crippen molar-refractivity contribution in [2.24, 2.45) is 17.8 Å². The van der Waals surface area contributed by atoms with Crippen LogP contribution in [-0.2, 0) is 16.1 Å². The van der Waals surface area contributed by atoms with Gasteiger partial charge in [-0.25, -0.2) is 0 Å². The van der Waals surface area contributed by atoms with Crippen molar-refractivity contribution < 1.29 is 14.7 Å². The maximum atomic E-state index is 12.4. The summed E-state index contributed by atoms with van der Waals surface area (Å²) in [6, 6.07) is 5.56. The van der Waals surface area contributed by atoms with Gasteiger partial charge in [-0.1, -0.05) is 19.9 Å². The van der Waals surface area contributed by atoms with E-state index in [1.54, 1.807) is 6.20 Å². The molecule has 6 heteroatoms. The molecule has 0 aliphatic carbocycles. The van der Waals surface area contributed by atoms with Gasteiger partial charge in [0.05, 0.1) is 24.1 Å². The Morgan fingerprint density at radius 3 is 2.70 bits per heavy atom. The van der Waals surface area contributed by atoms with Crippen molar-refractivity contribution in [3.05, 3.63) is 30.1 Å². The number of aromatic nitrogens is 1. The highest BCUT2D eigenvalue weighted by Gasteiger charge is 2.35. The van der Waals surface area contributed by atoms with Crippen LogP contribution >= 0.6 is 0 Å². The Hall–Kier alpha value is -1.95. The smallest absolute Gasteiger partial charge is 0.307 e. The number of carboxylic acid groups (broad SMARTS) is 1. The van der Waals surface area contributed by atoms with Gasteiger partial charge in [0.1, 0.15) is 0 Å². The third-order valence-electron chi connectivity index (χ3n) is 4.04. The zero-order chi connectivity index (χ0) is 16.8. The molecule has 2 N–H and O–H groups in total. The first kappa shape index (κ1) is 17.4. The predicted octanol–water partition coefficient (Wildman–Crippen LogP) is 1.38. The van der Waals surface area contributed by atoms with E-state index >= 15 is 0 Å². The molecular weight excluding hydrogens is 294 g/mol. The molecule has 0 aromatic carbocycles. The van der Waals surface area contributed by atoms with Crippen LogP contribution in [0.25, 0.3) is 0 Å². The molecule has 2 rings (SSSR count). The van der Waals surface area contributed by atoms with Gasteiger partial charge in [0, 0.05) is 25.8 Å². The Morgan fingerprint density at radius 2 is 2.09 bits per heavy atom. The number of carbonyl (C=O) groups excluding carboxylic acids is 1. The number of nitrogens with zero attached hydrogens (tertiary/aromatic N) is 2. The summed E-state index contributed by atoms with van der Waals surface area (Å²) in [4.78, 5) is 30.0. The maximum absolute atomic E-state index is 12.4. The van der Waals surface area contributed by atoms with Crippen LogP contribution in [0.15, 0.2) is 24.4 Å². The number of likely N-dealkylation sites (tertiary alicyclic amines) is 1. The fourth-order valence-corrected chi connectivity index (χ4v) is 3.05. The van der Waals surface area contributed by atoms with Gasteiger partial charge in [-0.3, -0.25) is 14.6 Å². The van der Waals surface area contributed by atoms with E-state index in [0.717, 1.165) is 12.2 Å². The van der Waals surface area contributed by atoms with Gasteiger partial charge < -0.3 is 15.3 Å². The Bertz CT molecular complexity index is 533. The molecule has 1 aliphatic heterocycles. The number of pyridine rings is 1. The minimum absolute atomic E-state index is 0.0876. The zero-order valence-electron chi connectivity index (χ0n) is 13.7. The number of aliphatic carboxylic acids is 1. The first-order chi connectivity index (χ1) is 11.0. The van der Waals surface area contributed by atoms with Crippen LogP contribution in [0.3, 0.4) is 0 Å². The van der Waals surface area contributed by atoms with Crippen LogP contribution < -0.4 is 5.32 Å². The summed E-state index contributed by atoms with van der Waals surface area (Å²) in [7, 11) is 0. The highest BCUT2D eigenvalue weighted by molar-refractivity contribution is 5.80. The lowest BCUT2D eigenvalue weighted by Crippen LogP contribution is -2.49. The van der Waals surface area contributed by atoms with Crippen molar-refractivity contribution in [1.82, 2.24) is 15.2 Å². The zero-order valence-corrected chi connectivity index (χ0v) is 13.7. The summed E-state index contributed by atoms with van der Waals surface area (Å²) in [5.74, 6) is -1.23. The van der Waals surface area contributed by atoms with Crippen molar-refractivity contribution in [2.75, 3.05) is 19.6 Å². The molecule has 23 heavy (non-hydrogen) atoms. The van der Waals surface area contributed by atoms with Crippen molar-refractivity contribution in [2.45, 2.75) is 26.8 Å². The Balaban J connectivity index is 1.95. The van der Waals surface area contributed by atoms with Crippen molar-refractivity contribution >= 4 is 11.9 Å². The minimum Gasteiger partial charge on any atom is -0.481 e. The van der Waals surface area contributed by atoms with Crippen molar-refractivity contribution in [3.8, 4) is 0 Å². The fraction of sp³-hybridized carbons (Fsp3) is 0.588. The largest absolute Gasteiger partial charge is 0.481 e. The van der Waals surface area contributed by atoms with Crippen LogP contribution in [0.2, 0.25) is 0 Å². The molecule has 2 heterocycles. The third kappa shape index (κ3) is 5.32. The number of hydrogen-bond acceptors (Lipinski definition) is 4. The molecule has 1 saturated heterocycles. The van der Waals surface area contributed by atoms with Gasteiger partial charge in [0.2, 0.25) is 5.91 Å². The second kappa shape index (κ2) is 8.06. The van der Waals surface area contributed by atoms with E-state index in [0.29, 0.717) is 32.0 Å². The van der Waals surface area contributed by atoms with E-state index in [1.165, 1.54) is 0 Å². The lowest BCUT2D eigenvalue weighted by Gasteiger charge is -2.36. The molecule has 0 saturated carbocycles. The summed E-state index contributed by atoms with van der Waals surface area (Å²) in [6.45, 7) is 6.53. The van der Waals surface area contributed by atoms with Crippen LogP contribution in [0, 0.1) is 17.8 Å². The SMILES string of the molecule is CC(C)CN1C[C@@H](C(=O)O)C[C@@H](C(=O)NCc2ccccn2)C1. The highest BCUT2D eigenvalue weighted by atomic mass is 16.4. The second-order valence-corrected chi connectivity index (χ2v) is 6.62. The lowest BCUT2D eigenvalue weighted by molar-refractivity contribution is -0.145. The molecule has 1 amide bonds. The molecule has 0 unspecified atom stereocenters. The van der Waals surface area contributed by atoms with Crippen LogP contribution in [-0.4, -0.2) is 46.5 Å². The summed E-state index contributed by atoms with van der Waals surface area (Å²) in [5.41, 5.74) is 0.797. The number of nitrogens with one attached hydrogen (secondary N) is 1. The molecule has 1 aromatic heterocycles. The van der Waals surface area contributed by atoms with Crippen molar-refractivity contribution in [3.63, 3.8) is 0 Å². The summed E-state index contributed by atoms with van der Waals surface area (Å²) < 4.78 is 0. The Morgan fingerprint density at radius 1 is 1.35 bits per heavy atom. The molecule has 0 spiro atoms. The van der Waals surface area contributed by atoms with Crippen molar-refractivity contribution in [1.29, 1.82) is 0 Å². The van der Waals surface area contributed by atoms with E-state index in [9.17, 15) is 14.7 Å². The summed E-state index contributed by atoms with van der Waals surface area (Å²) >= 11 is 0. The number of amides is 1. The quantitative estimate of drug-likeness (QED) is 0.828. The van der Waals surface area contributed by atoms with Gasteiger partial charge in [-0.05, 0) is 24.5 Å². The topological polar surface area (TPSA) is 82.5 Å². The van der Waals surface area contributed by atoms with E-state index in [-0.39, 0.29) is 11.8 Å². The monoisotopic (exact) mass is 319 g/mol. The van der Waals surface area contributed by atoms with Crippen LogP contribution in [0.5, 0.6) is 0 Å². The Labute approximate surface area is 136 Å². The normalized spacial score (nSPS) is 22.0. The Kier molecular flexibility index (Phi) is 6.10. The number of rotatable bonds is 6. The van der Waals surface area contributed by atoms with Crippen LogP contribution in [0.1, 0.15) is 26.0 Å². The number of carbonyl (C=O) groups is 2. The van der Waals surface area contributed by atoms with Crippen LogP contribution in [0.4, 0.5) is 0 Å². The minimum atomic E-state index is -0.819. The lowest BCUT2D eigenvalue weighted by atomic mass is 9.88. The van der Waals surface area contributed by atoms with Gasteiger partial charge >= 0.3 is 5.97 Å². The summed E-state index contributed by atoms with van der Waals surface area (Å²) in [6.07, 6.45) is 2.09. The van der Waals surface area contributed by atoms with Gasteiger partial charge in [0.15, 0.2) is 0 Å². The maximum Gasteiger partial charge on any atom is 0.307 e. The average molecular weight is 319 g/mol. The van der Waals surface area contributed by atoms with E-state index in [1.807, 2.05) is 18.2 Å². The number of hydrogen-bond donors (Lipinski definition) is 2. The predicted molar refractivity (Wildman–Crippen MR) is 86.6 cm³/mol. The molecule has 6 nitrogen and oxygen atoms in total. The first-order valence-electron chi connectivity index (χ1n) is 8.08. The molecule has 1 aromatic rings. The van der Waals surface area contributed by atoms with E-state index < -0.39 is 11.9 Å². The molecule has 1 fully saturated rings. The standard InChI is InChI=1S/C17H25N3O3/c1-12(2)9-20-10-13(7-14(11-20)17(22)23)16(21)19-8-15-5-3-4-6-18-15/h3-6,12-14H,7-11H2,1-2H3,(H,19,21)(H,22,23)/t13-,14+/m1/s1. The average Bonchev–Trinajstić information content (AvgIpc) is 2.52. The van der Waals surface area contributed by atoms with E-state index in [2.05, 4.69) is 29.0 Å². The molecule has 0 bridgehead atoms. The fourth-order valence-electron chi connectivity index (χ4n) is 3.05. The number of carboxylic acids is 1.